The van der Waals surface area contributed by atoms with Crippen molar-refractivity contribution < 1.29 is 28.6 Å². The predicted octanol–water partition coefficient (Wildman–Crippen LogP) is 25.9. The SMILES string of the molecule is CCCC/C=C\C/C=C\CCCCCCCC(=O)OCC(COC(=O)CCCCCCCCCCCCCCCCCCCCCCCCCCCCCCCCCCCC)OC(=O)CCCCCCCCC/C=C\CCCCCCCC. The zero-order valence-electron chi connectivity index (χ0n) is 56.2. The molecule has 0 aromatic heterocycles. The Labute approximate surface area is 518 Å². The molecule has 0 rings (SSSR count). The second-order valence-electron chi connectivity index (χ2n) is 25.6. The van der Waals surface area contributed by atoms with Gasteiger partial charge in [-0.3, -0.25) is 14.4 Å². The molecule has 0 bridgehead atoms. The summed E-state index contributed by atoms with van der Waals surface area (Å²) in [6.07, 6.45) is 90.7. The number of ether oxygens (including phenoxy) is 3. The lowest BCUT2D eigenvalue weighted by atomic mass is 10.0. The number of rotatable bonds is 70. The first-order valence-corrected chi connectivity index (χ1v) is 37.5. The van der Waals surface area contributed by atoms with Crippen LogP contribution in [0.15, 0.2) is 36.5 Å². The fraction of sp³-hybridized carbons (Fsp3) is 0.883. The Hall–Kier alpha value is -2.37. The summed E-state index contributed by atoms with van der Waals surface area (Å²) in [5, 5.41) is 0. The molecule has 0 amide bonds. The average Bonchev–Trinajstić information content (AvgIpc) is 3.50. The van der Waals surface area contributed by atoms with Crippen molar-refractivity contribution in [2.75, 3.05) is 13.2 Å². The van der Waals surface area contributed by atoms with E-state index in [2.05, 4.69) is 57.2 Å². The Morgan fingerprint density at radius 3 is 0.711 bits per heavy atom. The van der Waals surface area contributed by atoms with E-state index in [9.17, 15) is 14.4 Å². The number of carbonyl (C=O) groups excluding carboxylic acids is 3. The van der Waals surface area contributed by atoms with E-state index in [4.69, 9.17) is 14.2 Å². The normalized spacial score (nSPS) is 12.2. The lowest BCUT2D eigenvalue weighted by Gasteiger charge is -2.18. The van der Waals surface area contributed by atoms with Crippen molar-refractivity contribution in [1.82, 2.24) is 0 Å². The minimum absolute atomic E-state index is 0.0741. The molecule has 0 aliphatic carbocycles. The third kappa shape index (κ3) is 70.3. The van der Waals surface area contributed by atoms with Crippen LogP contribution in [0.4, 0.5) is 0 Å². The van der Waals surface area contributed by atoms with E-state index in [1.807, 2.05) is 0 Å². The van der Waals surface area contributed by atoms with Gasteiger partial charge in [0.25, 0.3) is 0 Å². The minimum Gasteiger partial charge on any atom is -0.462 e. The highest BCUT2D eigenvalue weighted by molar-refractivity contribution is 5.71. The van der Waals surface area contributed by atoms with Gasteiger partial charge in [0.15, 0.2) is 6.10 Å². The third-order valence-corrected chi connectivity index (χ3v) is 17.1. The lowest BCUT2D eigenvalue weighted by molar-refractivity contribution is -0.167. The highest BCUT2D eigenvalue weighted by atomic mass is 16.6. The Morgan fingerprint density at radius 1 is 0.241 bits per heavy atom. The molecule has 0 aliphatic heterocycles. The molecule has 0 spiro atoms. The number of hydrogen-bond acceptors (Lipinski definition) is 6. The summed E-state index contributed by atoms with van der Waals surface area (Å²) in [6.45, 7) is 6.65. The van der Waals surface area contributed by atoms with Crippen LogP contribution in [0.5, 0.6) is 0 Å². The van der Waals surface area contributed by atoms with Gasteiger partial charge >= 0.3 is 17.9 Å². The van der Waals surface area contributed by atoms with Crippen LogP contribution < -0.4 is 0 Å². The summed E-state index contributed by atoms with van der Waals surface area (Å²) in [6, 6.07) is 0. The average molecular weight is 1170 g/mol. The van der Waals surface area contributed by atoms with Gasteiger partial charge in [-0.15, -0.1) is 0 Å². The van der Waals surface area contributed by atoms with Gasteiger partial charge in [-0.05, 0) is 70.6 Å². The van der Waals surface area contributed by atoms with Gasteiger partial charge in [-0.25, -0.2) is 0 Å². The smallest absolute Gasteiger partial charge is 0.306 e. The fourth-order valence-electron chi connectivity index (χ4n) is 11.5. The number of allylic oxidation sites excluding steroid dienone is 6. The maximum atomic E-state index is 12.9. The molecule has 83 heavy (non-hydrogen) atoms. The van der Waals surface area contributed by atoms with E-state index >= 15 is 0 Å². The molecule has 0 aromatic carbocycles. The van der Waals surface area contributed by atoms with Gasteiger partial charge in [0.1, 0.15) is 13.2 Å². The van der Waals surface area contributed by atoms with E-state index in [0.29, 0.717) is 19.3 Å². The first kappa shape index (κ1) is 80.6. The molecule has 0 N–H and O–H groups in total. The largest absolute Gasteiger partial charge is 0.462 e. The second-order valence-corrected chi connectivity index (χ2v) is 25.6. The second kappa shape index (κ2) is 72.1. The van der Waals surface area contributed by atoms with Gasteiger partial charge in [-0.1, -0.05) is 365 Å². The minimum atomic E-state index is -0.779. The van der Waals surface area contributed by atoms with Crippen molar-refractivity contribution >= 4 is 17.9 Å². The molecular weight excluding hydrogens is 1020 g/mol. The highest BCUT2D eigenvalue weighted by Gasteiger charge is 2.20. The van der Waals surface area contributed by atoms with E-state index < -0.39 is 6.10 Å². The van der Waals surface area contributed by atoms with Crippen LogP contribution in [-0.4, -0.2) is 37.2 Å². The maximum absolute atomic E-state index is 12.9. The van der Waals surface area contributed by atoms with Gasteiger partial charge < -0.3 is 14.2 Å². The molecular formula is C77H144O6. The number of hydrogen-bond donors (Lipinski definition) is 0. The molecule has 0 fully saturated rings. The predicted molar refractivity (Wildman–Crippen MR) is 362 cm³/mol. The molecule has 0 aromatic rings. The zero-order valence-corrected chi connectivity index (χ0v) is 56.2. The Morgan fingerprint density at radius 2 is 0.446 bits per heavy atom. The zero-order chi connectivity index (χ0) is 59.9. The van der Waals surface area contributed by atoms with Gasteiger partial charge in [0.05, 0.1) is 0 Å². The molecule has 1 atom stereocenters. The van der Waals surface area contributed by atoms with Crippen molar-refractivity contribution in [3.8, 4) is 0 Å². The topological polar surface area (TPSA) is 78.9 Å². The first-order valence-electron chi connectivity index (χ1n) is 37.5. The van der Waals surface area contributed by atoms with E-state index in [1.54, 1.807) is 0 Å². The lowest BCUT2D eigenvalue weighted by Crippen LogP contribution is -2.30. The molecule has 0 radical (unpaired) electrons. The summed E-state index contributed by atoms with van der Waals surface area (Å²) >= 11 is 0. The maximum Gasteiger partial charge on any atom is 0.306 e. The monoisotopic (exact) mass is 1170 g/mol. The van der Waals surface area contributed by atoms with E-state index in [1.165, 1.54) is 302 Å². The Kier molecular flexibility index (Phi) is 70.0. The summed E-state index contributed by atoms with van der Waals surface area (Å²) < 4.78 is 17.0. The van der Waals surface area contributed by atoms with Crippen LogP contribution in [0, 0.1) is 0 Å². The van der Waals surface area contributed by atoms with Crippen molar-refractivity contribution in [2.45, 2.75) is 425 Å². The van der Waals surface area contributed by atoms with Gasteiger partial charge in [-0.2, -0.15) is 0 Å². The van der Waals surface area contributed by atoms with Crippen molar-refractivity contribution in [3.05, 3.63) is 36.5 Å². The van der Waals surface area contributed by atoms with Crippen molar-refractivity contribution in [1.29, 1.82) is 0 Å². The summed E-state index contributed by atoms with van der Waals surface area (Å²) in [5.74, 6) is -0.866. The van der Waals surface area contributed by atoms with E-state index in [-0.39, 0.29) is 31.1 Å². The molecule has 0 saturated heterocycles. The van der Waals surface area contributed by atoms with Crippen LogP contribution in [0.2, 0.25) is 0 Å². The number of carbonyl (C=O) groups is 3. The van der Waals surface area contributed by atoms with Crippen LogP contribution in [0.3, 0.4) is 0 Å². The van der Waals surface area contributed by atoms with Gasteiger partial charge in [0, 0.05) is 19.3 Å². The summed E-state index contributed by atoms with van der Waals surface area (Å²) in [5.41, 5.74) is 0. The molecule has 0 saturated carbocycles. The van der Waals surface area contributed by atoms with Gasteiger partial charge in [0.2, 0.25) is 0 Å². The van der Waals surface area contributed by atoms with Crippen LogP contribution in [-0.2, 0) is 28.6 Å². The molecule has 488 valence electrons. The van der Waals surface area contributed by atoms with Crippen molar-refractivity contribution in [2.24, 2.45) is 0 Å². The number of unbranched alkanes of at least 4 members (excludes halogenated alkanes) is 53. The fourth-order valence-corrected chi connectivity index (χ4v) is 11.5. The Balaban J connectivity index is 4.09. The highest BCUT2D eigenvalue weighted by Crippen LogP contribution is 2.19. The van der Waals surface area contributed by atoms with Crippen LogP contribution >= 0.6 is 0 Å². The first-order chi connectivity index (χ1) is 41.0. The van der Waals surface area contributed by atoms with Crippen LogP contribution in [0.1, 0.15) is 419 Å². The van der Waals surface area contributed by atoms with E-state index in [0.717, 1.165) is 77.0 Å². The summed E-state index contributed by atoms with van der Waals surface area (Å²) in [4.78, 5) is 38.4. The third-order valence-electron chi connectivity index (χ3n) is 17.1. The Bertz CT molecular complexity index is 1380. The number of esters is 3. The molecule has 0 heterocycles. The molecule has 0 aliphatic rings. The quantitative estimate of drug-likeness (QED) is 0.0261. The standard InChI is InChI=1S/C77H144O6/c1-4-7-10-13-16-19-22-25-28-30-31-32-33-34-35-36-37-38-39-40-41-42-43-44-45-46-48-49-52-55-58-61-64-67-70-76(79)82-73-74(72-81-75(78)69-66-63-60-57-54-51-27-24-21-18-15-12-9-6-3)83-77(80)71-68-65-62-59-56-53-50-47-29-26-23-20-17-14-11-8-5-2/h15,18,24,26-27,29,74H,4-14,16-17,19-23,25,28,30-73H2,1-3H3/b18-15-,27-24-,29-26-. The molecule has 6 heteroatoms. The van der Waals surface area contributed by atoms with Crippen molar-refractivity contribution in [3.63, 3.8) is 0 Å². The van der Waals surface area contributed by atoms with Crippen LogP contribution in [0.25, 0.3) is 0 Å². The molecule has 1 unspecified atom stereocenters. The summed E-state index contributed by atoms with van der Waals surface area (Å²) in [7, 11) is 0. The molecule has 6 nitrogen and oxygen atoms in total.